The van der Waals surface area contributed by atoms with E-state index in [1.54, 1.807) is 42.5 Å². The van der Waals surface area contributed by atoms with E-state index in [2.05, 4.69) is 4.72 Å². The normalized spacial score (nSPS) is 11.1. The zero-order chi connectivity index (χ0) is 14.8. The van der Waals surface area contributed by atoms with Crippen molar-refractivity contribution in [2.75, 3.05) is 11.0 Å². The highest BCUT2D eigenvalue weighted by Gasteiger charge is 2.12. The molecule has 0 spiro atoms. The molecule has 2 rings (SSSR count). The number of benzene rings is 2. The van der Waals surface area contributed by atoms with Crippen LogP contribution in [0.15, 0.2) is 48.5 Å². The smallest absolute Gasteiger partial charge is 0.229 e. The quantitative estimate of drug-likeness (QED) is 0.913. The number of hydrogen-bond donors (Lipinski definition) is 1. The van der Waals surface area contributed by atoms with E-state index >= 15 is 0 Å². The van der Waals surface area contributed by atoms with Gasteiger partial charge in [0, 0.05) is 11.1 Å². The molecule has 0 unspecified atom stereocenters. The van der Waals surface area contributed by atoms with Gasteiger partial charge in [0.15, 0.2) is 0 Å². The Hall–Kier alpha value is -2.34. The number of rotatable bonds is 4. The number of hydrogen-bond acceptors (Lipinski definition) is 4. The van der Waals surface area contributed by atoms with Crippen LogP contribution < -0.4 is 9.83 Å². The fourth-order valence-electron chi connectivity index (χ4n) is 1.90. The summed E-state index contributed by atoms with van der Waals surface area (Å²) in [5.74, 6) is -1.31. The monoisotopic (exact) mass is 290 g/mol. The van der Waals surface area contributed by atoms with Gasteiger partial charge in [0.2, 0.25) is 10.0 Å². The molecule has 0 bridgehead atoms. The van der Waals surface area contributed by atoms with E-state index in [0.717, 1.165) is 6.26 Å². The molecule has 0 aromatic heterocycles. The summed E-state index contributed by atoms with van der Waals surface area (Å²) in [6.45, 7) is 0. The van der Waals surface area contributed by atoms with Gasteiger partial charge >= 0.3 is 0 Å². The van der Waals surface area contributed by atoms with Crippen molar-refractivity contribution < 1.29 is 18.3 Å². The molecule has 0 fully saturated rings. The van der Waals surface area contributed by atoms with Gasteiger partial charge < -0.3 is 9.90 Å². The second-order valence-electron chi connectivity index (χ2n) is 4.25. The van der Waals surface area contributed by atoms with Crippen LogP contribution in [0.5, 0.6) is 0 Å². The number of para-hydroxylation sites is 1. The lowest BCUT2D eigenvalue weighted by Gasteiger charge is -2.14. The van der Waals surface area contributed by atoms with Crippen LogP contribution >= 0.6 is 0 Å². The van der Waals surface area contributed by atoms with Gasteiger partial charge in [-0.05, 0) is 11.6 Å². The van der Waals surface area contributed by atoms with Gasteiger partial charge in [-0.1, -0.05) is 42.5 Å². The van der Waals surface area contributed by atoms with E-state index in [9.17, 15) is 18.3 Å². The second-order valence-corrected chi connectivity index (χ2v) is 6.00. The molecule has 0 saturated carbocycles. The zero-order valence-electron chi connectivity index (χ0n) is 10.7. The first-order valence-corrected chi connectivity index (χ1v) is 7.65. The summed E-state index contributed by atoms with van der Waals surface area (Å²) in [6, 6.07) is 12.9. The number of sulfonamides is 1. The lowest BCUT2D eigenvalue weighted by molar-refractivity contribution is -0.254. The third-order valence-corrected chi connectivity index (χ3v) is 3.25. The van der Waals surface area contributed by atoms with E-state index in [4.69, 9.17) is 0 Å². The Morgan fingerprint density at radius 3 is 2.15 bits per heavy atom. The predicted molar refractivity (Wildman–Crippen MR) is 74.7 cm³/mol. The summed E-state index contributed by atoms with van der Waals surface area (Å²) < 4.78 is 25.1. The lowest BCUT2D eigenvalue weighted by atomic mass is 9.98. The van der Waals surface area contributed by atoms with E-state index in [1.165, 1.54) is 6.07 Å². The molecule has 2 aromatic carbocycles. The minimum absolute atomic E-state index is 0.00949. The summed E-state index contributed by atoms with van der Waals surface area (Å²) in [5, 5.41) is 11.1. The first-order valence-electron chi connectivity index (χ1n) is 5.76. The largest absolute Gasteiger partial charge is 0.545 e. The Labute approximate surface area is 116 Å². The number of carboxylic acids is 1. The summed E-state index contributed by atoms with van der Waals surface area (Å²) in [4.78, 5) is 11.1. The van der Waals surface area contributed by atoms with Gasteiger partial charge in [-0.3, -0.25) is 4.72 Å². The fourth-order valence-corrected chi connectivity index (χ4v) is 2.48. The number of carboxylic acid groups (broad SMARTS) is 1. The van der Waals surface area contributed by atoms with Crippen molar-refractivity contribution in [2.45, 2.75) is 0 Å². The maximum Gasteiger partial charge on any atom is 0.229 e. The van der Waals surface area contributed by atoms with Crippen LogP contribution in [0.2, 0.25) is 0 Å². The number of carbonyl (C=O) groups excluding carboxylic acids is 1. The first kappa shape index (κ1) is 14.1. The Kier molecular flexibility index (Phi) is 3.76. The van der Waals surface area contributed by atoms with E-state index < -0.39 is 16.0 Å². The average molecular weight is 290 g/mol. The average Bonchev–Trinajstić information content (AvgIpc) is 2.37. The molecule has 6 heteroatoms. The number of carbonyl (C=O) groups is 1. The fraction of sp³-hybridized carbons (Fsp3) is 0.0714. The van der Waals surface area contributed by atoms with Crippen LogP contribution in [0.3, 0.4) is 0 Å². The highest BCUT2D eigenvalue weighted by molar-refractivity contribution is 7.92. The van der Waals surface area contributed by atoms with Crippen LogP contribution in [0.1, 0.15) is 10.4 Å². The molecular formula is C14H12NO4S-. The van der Waals surface area contributed by atoms with Crippen LogP contribution in [-0.2, 0) is 10.0 Å². The number of anilines is 1. The predicted octanol–water partition coefficient (Wildman–Crippen LogP) is 1.09. The molecular weight excluding hydrogens is 278 g/mol. The van der Waals surface area contributed by atoms with Crippen LogP contribution in [0.25, 0.3) is 11.1 Å². The summed E-state index contributed by atoms with van der Waals surface area (Å²) in [5.41, 5.74) is 1.22. The van der Waals surface area contributed by atoms with Crippen LogP contribution in [0, 0.1) is 0 Å². The molecule has 0 aliphatic rings. The minimum atomic E-state index is -3.45. The SMILES string of the molecule is CS(=O)(=O)Nc1ccccc1-c1ccccc1C(=O)[O-]. The Balaban J connectivity index is 2.62. The molecule has 0 heterocycles. The van der Waals surface area contributed by atoms with E-state index in [0.29, 0.717) is 16.8 Å². The van der Waals surface area contributed by atoms with E-state index in [1.807, 2.05) is 0 Å². The maximum atomic E-state index is 11.4. The molecule has 0 aliphatic carbocycles. The second kappa shape index (κ2) is 5.34. The van der Waals surface area contributed by atoms with Gasteiger partial charge in [0.25, 0.3) is 0 Å². The Morgan fingerprint density at radius 1 is 1.00 bits per heavy atom. The molecule has 0 amide bonds. The Morgan fingerprint density at radius 2 is 1.55 bits per heavy atom. The van der Waals surface area contributed by atoms with Gasteiger partial charge in [0.05, 0.1) is 17.9 Å². The lowest BCUT2D eigenvalue weighted by Crippen LogP contribution is -2.23. The molecule has 5 nitrogen and oxygen atoms in total. The molecule has 0 aliphatic heterocycles. The third kappa shape index (κ3) is 3.16. The summed E-state index contributed by atoms with van der Waals surface area (Å²) >= 11 is 0. The van der Waals surface area contributed by atoms with Gasteiger partial charge in [-0.25, -0.2) is 8.42 Å². The third-order valence-electron chi connectivity index (χ3n) is 2.66. The van der Waals surface area contributed by atoms with Gasteiger partial charge in [-0.2, -0.15) is 0 Å². The standard InChI is InChI=1S/C14H13NO4S/c1-20(18,19)15-13-9-5-4-7-11(13)10-6-2-3-8-12(10)14(16)17/h2-9,15H,1H3,(H,16,17)/p-1. The van der Waals surface area contributed by atoms with Crippen molar-refractivity contribution in [2.24, 2.45) is 0 Å². The van der Waals surface area contributed by atoms with Crippen LogP contribution in [-0.4, -0.2) is 20.6 Å². The van der Waals surface area contributed by atoms with Gasteiger partial charge in [-0.15, -0.1) is 0 Å². The minimum Gasteiger partial charge on any atom is -0.545 e. The highest BCUT2D eigenvalue weighted by atomic mass is 32.2. The summed E-state index contributed by atoms with van der Waals surface area (Å²) in [6.07, 6.45) is 1.04. The number of aromatic carboxylic acids is 1. The van der Waals surface area contributed by atoms with Gasteiger partial charge in [0.1, 0.15) is 0 Å². The topological polar surface area (TPSA) is 86.3 Å². The van der Waals surface area contributed by atoms with Crippen molar-refractivity contribution in [3.8, 4) is 11.1 Å². The van der Waals surface area contributed by atoms with Crippen LogP contribution in [0.4, 0.5) is 5.69 Å². The molecule has 0 atom stereocenters. The zero-order valence-corrected chi connectivity index (χ0v) is 11.5. The molecule has 0 radical (unpaired) electrons. The molecule has 1 N–H and O–H groups in total. The van der Waals surface area contributed by atoms with Crippen molar-refractivity contribution in [1.29, 1.82) is 0 Å². The molecule has 2 aromatic rings. The van der Waals surface area contributed by atoms with Crippen molar-refractivity contribution in [3.05, 3.63) is 54.1 Å². The van der Waals surface area contributed by atoms with E-state index in [-0.39, 0.29) is 5.56 Å². The van der Waals surface area contributed by atoms with Crippen molar-refractivity contribution in [3.63, 3.8) is 0 Å². The Bertz CT molecular complexity index is 753. The van der Waals surface area contributed by atoms with Crippen molar-refractivity contribution in [1.82, 2.24) is 0 Å². The highest BCUT2D eigenvalue weighted by Crippen LogP contribution is 2.30. The number of nitrogens with one attached hydrogen (secondary N) is 1. The first-order chi connectivity index (χ1) is 9.38. The molecule has 104 valence electrons. The summed E-state index contributed by atoms with van der Waals surface area (Å²) in [7, 11) is -3.45. The molecule has 20 heavy (non-hydrogen) atoms. The molecule has 0 saturated heterocycles. The van der Waals surface area contributed by atoms with Crippen molar-refractivity contribution >= 4 is 21.7 Å². The maximum absolute atomic E-state index is 11.4.